The Morgan fingerprint density at radius 1 is 1.05 bits per heavy atom. The van der Waals surface area contributed by atoms with Crippen LogP contribution in [0.5, 0.6) is 0 Å². The van der Waals surface area contributed by atoms with Crippen molar-refractivity contribution >= 4 is 17.3 Å². The van der Waals surface area contributed by atoms with Gasteiger partial charge < -0.3 is 10.6 Å². The van der Waals surface area contributed by atoms with Crippen LogP contribution in [0.25, 0.3) is 0 Å². The fraction of sp³-hybridized carbons (Fsp3) is 0.588. The number of carbonyl (C=O) groups is 1. The fourth-order valence-electron chi connectivity index (χ4n) is 3.02. The van der Waals surface area contributed by atoms with Crippen LogP contribution >= 0.6 is 0 Å². The van der Waals surface area contributed by atoms with Gasteiger partial charge >= 0.3 is 0 Å². The van der Waals surface area contributed by atoms with Crippen molar-refractivity contribution in [3.8, 4) is 0 Å². The van der Waals surface area contributed by atoms with E-state index in [1.807, 2.05) is 24.3 Å². The third kappa shape index (κ3) is 4.26. The Morgan fingerprint density at radius 3 is 2.10 bits per heavy atom. The highest BCUT2D eigenvalue weighted by Gasteiger charge is 2.22. The zero-order valence-corrected chi connectivity index (χ0v) is 12.8. The van der Waals surface area contributed by atoms with Gasteiger partial charge in [0.15, 0.2) is 0 Å². The first-order chi connectivity index (χ1) is 9.54. The molecular weight excluding hydrogens is 248 g/mol. The van der Waals surface area contributed by atoms with E-state index in [0.717, 1.165) is 23.2 Å². The second kappa shape index (κ2) is 6.78. The summed E-state index contributed by atoms with van der Waals surface area (Å²) in [6, 6.07) is 8.57. The SMILES string of the molecule is CC(=O)Nc1ccc(NC2CCC(C(C)C)CC2)cc1. The van der Waals surface area contributed by atoms with Gasteiger partial charge in [-0.1, -0.05) is 13.8 Å². The van der Waals surface area contributed by atoms with Crippen LogP contribution < -0.4 is 10.6 Å². The van der Waals surface area contributed by atoms with Gasteiger partial charge in [0.25, 0.3) is 0 Å². The Balaban J connectivity index is 1.83. The van der Waals surface area contributed by atoms with Crippen molar-refractivity contribution in [2.24, 2.45) is 11.8 Å². The minimum Gasteiger partial charge on any atom is -0.382 e. The molecule has 1 fully saturated rings. The summed E-state index contributed by atoms with van der Waals surface area (Å²) in [7, 11) is 0. The van der Waals surface area contributed by atoms with E-state index in [2.05, 4.69) is 24.5 Å². The predicted molar refractivity (Wildman–Crippen MR) is 85.0 cm³/mol. The van der Waals surface area contributed by atoms with Crippen molar-refractivity contribution in [1.29, 1.82) is 0 Å². The summed E-state index contributed by atoms with van der Waals surface area (Å²) in [6.45, 7) is 6.19. The van der Waals surface area contributed by atoms with E-state index in [1.54, 1.807) is 0 Å². The Labute approximate surface area is 122 Å². The lowest BCUT2D eigenvalue weighted by atomic mass is 9.79. The van der Waals surface area contributed by atoms with Crippen LogP contribution in [0, 0.1) is 11.8 Å². The Bertz CT molecular complexity index is 431. The Kier molecular flexibility index (Phi) is 5.05. The van der Waals surface area contributed by atoms with Gasteiger partial charge in [0.2, 0.25) is 5.91 Å². The molecule has 1 saturated carbocycles. The van der Waals surface area contributed by atoms with Gasteiger partial charge in [-0.3, -0.25) is 4.79 Å². The van der Waals surface area contributed by atoms with E-state index in [9.17, 15) is 4.79 Å². The van der Waals surface area contributed by atoms with Gasteiger partial charge in [-0.2, -0.15) is 0 Å². The highest BCUT2D eigenvalue weighted by atomic mass is 16.1. The zero-order valence-electron chi connectivity index (χ0n) is 12.8. The highest BCUT2D eigenvalue weighted by molar-refractivity contribution is 5.88. The summed E-state index contributed by atoms with van der Waals surface area (Å²) in [5.74, 6) is 1.68. The number of benzene rings is 1. The minimum atomic E-state index is -0.0299. The van der Waals surface area contributed by atoms with Crippen molar-refractivity contribution in [3.63, 3.8) is 0 Å². The molecule has 2 rings (SSSR count). The molecule has 0 atom stereocenters. The van der Waals surface area contributed by atoms with Crippen molar-refractivity contribution < 1.29 is 4.79 Å². The van der Waals surface area contributed by atoms with Gasteiger partial charge in [-0.05, 0) is 61.8 Å². The first-order valence-corrected chi connectivity index (χ1v) is 7.69. The molecule has 3 nitrogen and oxygen atoms in total. The van der Waals surface area contributed by atoms with Gasteiger partial charge in [0, 0.05) is 24.3 Å². The van der Waals surface area contributed by atoms with E-state index < -0.39 is 0 Å². The number of nitrogens with one attached hydrogen (secondary N) is 2. The van der Waals surface area contributed by atoms with Crippen LogP contribution in [-0.4, -0.2) is 11.9 Å². The van der Waals surface area contributed by atoms with E-state index in [-0.39, 0.29) is 5.91 Å². The number of rotatable bonds is 4. The summed E-state index contributed by atoms with van der Waals surface area (Å²) in [6.07, 6.45) is 5.19. The quantitative estimate of drug-likeness (QED) is 0.860. The van der Waals surface area contributed by atoms with Crippen LogP contribution in [0.3, 0.4) is 0 Å². The average molecular weight is 274 g/mol. The Morgan fingerprint density at radius 2 is 1.60 bits per heavy atom. The van der Waals surface area contributed by atoms with Crippen LogP contribution in [0.2, 0.25) is 0 Å². The van der Waals surface area contributed by atoms with Crippen LogP contribution in [-0.2, 0) is 4.79 Å². The summed E-state index contributed by atoms with van der Waals surface area (Å²) >= 11 is 0. The minimum absolute atomic E-state index is 0.0299. The third-order valence-electron chi connectivity index (χ3n) is 4.29. The lowest BCUT2D eigenvalue weighted by molar-refractivity contribution is -0.114. The average Bonchev–Trinajstić information content (AvgIpc) is 2.41. The zero-order chi connectivity index (χ0) is 14.5. The normalized spacial score (nSPS) is 22.6. The van der Waals surface area contributed by atoms with E-state index in [0.29, 0.717) is 6.04 Å². The second-order valence-corrected chi connectivity index (χ2v) is 6.26. The molecule has 1 aliphatic carbocycles. The first kappa shape index (κ1) is 14.9. The van der Waals surface area contributed by atoms with Crippen molar-refractivity contribution in [1.82, 2.24) is 0 Å². The van der Waals surface area contributed by atoms with Gasteiger partial charge in [-0.25, -0.2) is 0 Å². The van der Waals surface area contributed by atoms with Gasteiger partial charge in [0.05, 0.1) is 0 Å². The molecule has 0 bridgehead atoms. The first-order valence-electron chi connectivity index (χ1n) is 7.69. The highest BCUT2D eigenvalue weighted by Crippen LogP contribution is 2.31. The molecule has 1 aliphatic rings. The topological polar surface area (TPSA) is 41.1 Å². The summed E-state index contributed by atoms with van der Waals surface area (Å²) < 4.78 is 0. The smallest absolute Gasteiger partial charge is 0.221 e. The molecule has 0 spiro atoms. The number of carbonyl (C=O) groups excluding carboxylic acids is 1. The van der Waals surface area contributed by atoms with Crippen molar-refractivity contribution in [2.45, 2.75) is 52.5 Å². The number of anilines is 2. The lowest BCUT2D eigenvalue weighted by Gasteiger charge is -2.31. The maximum atomic E-state index is 11.0. The molecule has 1 aromatic rings. The van der Waals surface area contributed by atoms with Crippen LogP contribution in [0.15, 0.2) is 24.3 Å². The van der Waals surface area contributed by atoms with Gasteiger partial charge in [-0.15, -0.1) is 0 Å². The third-order valence-corrected chi connectivity index (χ3v) is 4.29. The van der Waals surface area contributed by atoms with Gasteiger partial charge in [0.1, 0.15) is 0 Å². The lowest BCUT2D eigenvalue weighted by Crippen LogP contribution is -2.27. The standard InChI is InChI=1S/C17H26N2O/c1-12(2)14-4-6-16(7-5-14)19-17-10-8-15(9-11-17)18-13(3)20/h8-12,14,16,19H,4-7H2,1-3H3,(H,18,20). The molecular formula is C17H26N2O. The molecule has 110 valence electrons. The number of amides is 1. The van der Waals surface area contributed by atoms with E-state index in [1.165, 1.54) is 32.6 Å². The van der Waals surface area contributed by atoms with E-state index >= 15 is 0 Å². The maximum Gasteiger partial charge on any atom is 0.221 e. The van der Waals surface area contributed by atoms with E-state index in [4.69, 9.17) is 0 Å². The van der Waals surface area contributed by atoms with Crippen LogP contribution in [0.4, 0.5) is 11.4 Å². The molecule has 2 N–H and O–H groups in total. The molecule has 1 aromatic carbocycles. The molecule has 0 heterocycles. The molecule has 20 heavy (non-hydrogen) atoms. The maximum absolute atomic E-state index is 11.0. The summed E-state index contributed by atoms with van der Waals surface area (Å²) in [4.78, 5) is 11.0. The molecule has 0 aromatic heterocycles. The second-order valence-electron chi connectivity index (χ2n) is 6.26. The number of hydrogen-bond acceptors (Lipinski definition) is 2. The molecule has 0 aliphatic heterocycles. The summed E-state index contributed by atoms with van der Waals surface area (Å²) in [5, 5.41) is 6.40. The molecule has 0 unspecified atom stereocenters. The van der Waals surface area contributed by atoms with Crippen molar-refractivity contribution in [2.75, 3.05) is 10.6 Å². The molecule has 0 saturated heterocycles. The largest absolute Gasteiger partial charge is 0.382 e. The fourth-order valence-corrected chi connectivity index (χ4v) is 3.02. The van der Waals surface area contributed by atoms with Crippen LogP contribution in [0.1, 0.15) is 46.5 Å². The Hall–Kier alpha value is -1.51. The molecule has 3 heteroatoms. The monoisotopic (exact) mass is 274 g/mol. The molecule has 1 amide bonds. The van der Waals surface area contributed by atoms with Crippen molar-refractivity contribution in [3.05, 3.63) is 24.3 Å². The molecule has 0 radical (unpaired) electrons. The number of hydrogen-bond donors (Lipinski definition) is 2. The summed E-state index contributed by atoms with van der Waals surface area (Å²) in [5.41, 5.74) is 2.00. The predicted octanol–water partition coefficient (Wildman–Crippen LogP) is 4.27.